The summed E-state index contributed by atoms with van der Waals surface area (Å²) in [6.45, 7) is 0. The summed E-state index contributed by atoms with van der Waals surface area (Å²) >= 11 is 0. The largest absolute Gasteiger partial charge is 0.289 e. The maximum absolute atomic E-state index is 5.14. The second-order valence-corrected chi connectivity index (χ2v) is 9.66. The quantitative estimate of drug-likeness (QED) is 0.243. The molecule has 0 fully saturated rings. The molecule has 3 aromatic carbocycles. The lowest BCUT2D eigenvalue weighted by atomic mass is 9.96. The molecular weight excluding hydrogens is 428 g/mol. The van der Waals surface area contributed by atoms with E-state index in [2.05, 4.69) is 70.0 Å². The molecule has 0 atom stereocenters. The van der Waals surface area contributed by atoms with Gasteiger partial charge in [-0.25, -0.2) is 4.98 Å². The van der Waals surface area contributed by atoms with Crippen molar-refractivity contribution in [1.82, 2.24) is 19.4 Å². The van der Waals surface area contributed by atoms with Crippen LogP contribution in [0.25, 0.3) is 60.7 Å². The van der Waals surface area contributed by atoms with Crippen molar-refractivity contribution in [3.8, 4) is 22.3 Å². The minimum absolute atomic E-state index is 0.944. The molecule has 0 unspecified atom stereocenters. The Hall–Kier alpha value is -4.57. The standard InChI is InChI=1S/C31H18N4/c1-2-5-19-17(4-1)14-24-20(19)8-9-21-25(24)15-18-7-10-26-30(28(18)21)35-27-16-32-13-11-22(27)29-23(31(35)34-26)6-3-12-33-29/h1-13,16H,14-15H2. The van der Waals surface area contributed by atoms with Crippen LogP contribution in [0.5, 0.6) is 0 Å². The first-order chi connectivity index (χ1) is 17.4. The summed E-state index contributed by atoms with van der Waals surface area (Å²) in [6.07, 6.45) is 7.64. The molecule has 0 saturated heterocycles. The van der Waals surface area contributed by atoms with E-state index in [4.69, 9.17) is 9.97 Å². The number of imidazole rings is 1. The molecule has 2 aliphatic carbocycles. The molecule has 4 aromatic heterocycles. The van der Waals surface area contributed by atoms with Crippen LogP contribution in [-0.2, 0) is 12.8 Å². The predicted octanol–water partition coefficient (Wildman–Crippen LogP) is 6.73. The minimum Gasteiger partial charge on any atom is -0.289 e. The predicted molar refractivity (Wildman–Crippen MR) is 140 cm³/mol. The van der Waals surface area contributed by atoms with Crippen LogP contribution in [-0.4, -0.2) is 19.4 Å². The van der Waals surface area contributed by atoms with E-state index < -0.39 is 0 Å². The van der Waals surface area contributed by atoms with Gasteiger partial charge in [-0.3, -0.25) is 14.4 Å². The topological polar surface area (TPSA) is 43.1 Å². The van der Waals surface area contributed by atoms with E-state index in [-0.39, 0.29) is 0 Å². The van der Waals surface area contributed by atoms with Crippen molar-refractivity contribution >= 4 is 38.5 Å². The third-order valence-electron chi connectivity index (χ3n) is 7.99. The number of fused-ring (bicyclic) bond motifs is 16. The molecule has 4 heterocycles. The van der Waals surface area contributed by atoms with Crippen molar-refractivity contribution in [2.75, 3.05) is 0 Å². The van der Waals surface area contributed by atoms with E-state index in [1.165, 1.54) is 50.0 Å². The number of benzene rings is 3. The van der Waals surface area contributed by atoms with Crippen LogP contribution >= 0.6 is 0 Å². The Morgan fingerprint density at radius 3 is 2.57 bits per heavy atom. The van der Waals surface area contributed by atoms with Crippen molar-refractivity contribution in [1.29, 1.82) is 0 Å². The summed E-state index contributed by atoms with van der Waals surface area (Å²) < 4.78 is 2.32. The van der Waals surface area contributed by atoms with E-state index in [1.807, 2.05) is 24.7 Å². The molecule has 2 aliphatic rings. The van der Waals surface area contributed by atoms with Crippen LogP contribution in [0.1, 0.15) is 22.3 Å². The molecule has 9 rings (SSSR count). The molecule has 0 saturated carbocycles. The van der Waals surface area contributed by atoms with Crippen molar-refractivity contribution in [3.05, 3.63) is 108 Å². The van der Waals surface area contributed by atoms with Crippen molar-refractivity contribution in [2.45, 2.75) is 12.8 Å². The van der Waals surface area contributed by atoms with E-state index >= 15 is 0 Å². The number of nitrogens with zero attached hydrogens (tertiary/aromatic N) is 4. The molecule has 4 heteroatoms. The SMILES string of the molecule is c1ccc2c(c1)Cc1c-2ccc2c1Cc1ccc3nc4c5cccnc5c5ccncc5n4c3c1-2. The number of rotatable bonds is 0. The molecule has 0 bridgehead atoms. The maximum Gasteiger partial charge on any atom is 0.148 e. The van der Waals surface area contributed by atoms with E-state index in [1.54, 1.807) is 0 Å². The summed E-state index contributed by atoms with van der Waals surface area (Å²) in [5, 5.41) is 2.17. The first kappa shape index (κ1) is 17.8. The van der Waals surface area contributed by atoms with Gasteiger partial charge in [0, 0.05) is 28.7 Å². The lowest BCUT2D eigenvalue weighted by Gasteiger charge is -2.11. The monoisotopic (exact) mass is 446 g/mol. The maximum atomic E-state index is 5.14. The summed E-state index contributed by atoms with van der Waals surface area (Å²) in [5.41, 5.74) is 16.4. The Labute approximate surface area is 200 Å². The third-order valence-corrected chi connectivity index (χ3v) is 7.99. The average Bonchev–Trinajstić information content (AvgIpc) is 3.59. The van der Waals surface area contributed by atoms with E-state index in [0.717, 1.165) is 45.8 Å². The second kappa shape index (κ2) is 6.10. The fraction of sp³-hybridized carbons (Fsp3) is 0.0645. The zero-order valence-corrected chi connectivity index (χ0v) is 18.8. The lowest BCUT2D eigenvalue weighted by molar-refractivity contribution is 1.16. The first-order valence-electron chi connectivity index (χ1n) is 12.0. The molecule has 0 N–H and O–H groups in total. The summed E-state index contributed by atoms with van der Waals surface area (Å²) in [6, 6.07) is 24.2. The van der Waals surface area contributed by atoms with Crippen LogP contribution in [0.2, 0.25) is 0 Å². The fourth-order valence-electron chi connectivity index (χ4n) is 6.54. The molecule has 0 radical (unpaired) electrons. The Kier molecular flexibility index (Phi) is 3.11. The minimum atomic E-state index is 0.944. The first-order valence-corrected chi connectivity index (χ1v) is 12.0. The number of hydrogen-bond donors (Lipinski definition) is 0. The van der Waals surface area contributed by atoms with Gasteiger partial charge in [0.15, 0.2) is 0 Å². The van der Waals surface area contributed by atoms with Gasteiger partial charge in [0.2, 0.25) is 0 Å². The molecule has 4 nitrogen and oxygen atoms in total. The molecular formula is C31H18N4. The van der Waals surface area contributed by atoms with Gasteiger partial charge in [-0.15, -0.1) is 0 Å². The zero-order valence-electron chi connectivity index (χ0n) is 18.8. The van der Waals surface area contributed by atoms with Gasteiger partial charge in [-0.1, -0.05) is 42.5 Å². The Morgan fingerprint density at radius 1 is 0.686 bits per heavy atom. The van der Waals surface area contributed by atoms with Gasteiger partial charge in [-0.05, 0) is 76.1 Å². The zero-order chi connectivity index (χ0) is 22.7. The van der Waals surface area contributed by atoms with Gasteiger partial charge in [0.1, 0.15) is 5.65 Å². The summed E-state index contributed by atoms with van der Waals surface area (Å²) in [4.78, 5) is 14.3. The Morgan fingerprint density at radius 2 is 1.57 bits per heavy atom. The van der Waals surface area contributed by atoms with Crippen molar-refractivity contribution in [3.63, 3.8) is 0 Å². The van der Waals surface area contributed by atoms with Crippen LogP contribution in [0.3, 0.4) is 0 Å². The molecule has 0 amide bonds. The molecule has 7 aromatic rings. The van der Waals surface area contributed by atoms with Gasteiger partial charge in [0.25, 0.3) is 0 Å². The van der Waals surface area contributed by atoms with Crippen LogP contribution in [0.4, 0.5) is 0 Å². The Balaban J connectivity index is 1.44. The molecule has 35 heavy (non-hydrogen) atoms. The van der Waals surface area contributed by atoms with Crippen LogP contribution < -0.4 is 0 Å². The Bertz CT molecular complexity index is 2070. The van der Waals surface area contributed by atoms with Crippen molar-refractivity contribution in [2.24, 2.45) is 0 Å². The van der Waals surface area contributed by atoms with Gasteiger partial charge in [-0.2, -0.15) is 0 Å². The van der Waals surface area contributed by atoms with Crippen molar-refractivity contribution < 1.29 is 0 Å². The highest BCUT2D eigenvalue weighted by Gasteiger charge is 2.30. The number of aromatic nitrogens is 4. The van der Waals surface area contributed by atoms with Gasteiger partial charge >= 0.3 is 0 Å². The van der Waals surface area contributed by atoms with Crippen LogP contribution in [0, 0.1) is 0 Å². The molecule has 0 spiro atoms. The highest BCUT2D eigenvalue weighted by Crippen LogP contribution is 2.49. The highest BCUT2D eigenvalue weighted by molar-refractivity contribution is 6.13. The smallest absolute Gasteiger partial charge is 0.148 e. The lowest BCUT2D eigenvalue weighted by Crippen LogP contribution is -1.95. The normalized spacial score (nSPS) is 13.5. The third kappa shape index (κ3) is 2.11. The summed E-state index contributed by atoms with van der Waals surface area (Å²) in [5.74, 6) is 0. The highest BCUT2D eigenvalue weighted by atomic mass is 15.0. The average molecular weight is 447 g/mol. The number of hydrogen-bond acceptors (Lipinski definition) is 3. The fourth-order valence-corrected chi connectivity index (χ4v) is 6.54. The molecule has 0 aliphatic heterocycles. The van der Waals surface area contributed by atoms with E-state index in [0.29, 0.717) is 0 Å². The summed E-state index contributed by atoms with van der Waals surface area (Å²) in [7, 11) is 0. The number of pyridine rings is 3. The second-order valence-electron chi connectivity index (χ2n) is 9.66. The van der Waals surface area contributed by atoms with Gasteiger partial charge in [0.05, 0.1) is 28.3 Å². The van der Waals surface area contributed by atoms with Gasteiger partial charge < -0.3 is 0 Å². The van der Waals surface area contributed by atoms with Crippen LogP contribution in [0.15, 0.2) is 85.3 Å². The molecule has 162 valence electrons. The van der Waals surface area contributed by atoms with E-state index in [9.17, 15) is 0 Å².